The highest BCUT2D eigenvalue weighted by molar-refractivity contribution is 7.99. The van der Waals surface area contributed by atoms with Crippen molar-refractivity contribution in [1.82, 2.24) is 35.5 Å². The minimum atomic E-state index is -5.08. The molecule has 0 spiro atoms. The number of nitrogens with zero attached hydrogens (tertiary/aromatic N) is 5. The topological polar surface area (TPSA) is 139 Å². The van der Waals surface area contributed by atoms with Gasteiger partial charge in [-0.1, -0.05) is 23.9 Å². The number of carbonyl (C=O) groups is 2. The summed E-state index contributed by atoms with van der Waals surface area (Å²) in [6, 6.07) is 7.84. The average molecular weight is 445 g/mol. The number of carboxylic acids is 1. The van der Waals surface area contributed by atoms with Crippen molar-refractivity contribution in [1.29, 1.82) is 0 Å². The summed E-state index contributed by atoms with van der Waals surface area (Å²) in [5.74, 6) is -1.18. The number of aromatic amines is 1. The molecule has 1 aromatic carbocycles. The highest BCUT2D eigenvalue weighted by Crippen LogP contribution is 2.13. The van der Waals surface area contributed by atoms with Crippen LogP contribution in [0, 0.1) is 0 Å². The Hall–Kier alpha value is -3.16. The van der Waals surface area contributed by atoms with Gasteiger partial charge in [-0.15, -0.1) is 5.10 Å². The number of para-hydroxylation sites is 2. The Labute approximate surface area is 172 Å². The first-order valence-corrected chi connectivity index (χ1v) is 9.51. The van der Waals surface area contributed by atoms with Crippen LogP contribution in [0.3, 0.4) is 0 Å². The van der Waals surface area contributed by atoms with Gasteiger partial charge in [-0.05, 0) is 22.6 Å². The van der Waals surface area contributed by atoms with Gasteiger partial charge < -0.3 is 15.4 Å². The number of aromatic nitrogens is 6. The highest BCUT2D eigenvalue weighted by atomic mass is 32.2. The Morgan fingerprint density at radius 2 is 2.00 bits per heavy atom. The molecule has 0 saturated carbocycles. The number of carbonyl (C=O) groups excluding carboxylic acids is 1. The minimum Gasteiger partial charge on any atom is -0.475 e. The van der Waals surface area contributed by atoms with Crippen molar-refractivity contribution < 1.29 is 27.9 Å². The smallest absolute Gasteiger partial charge is 0.475 e. The molecule has 162 valence electrons. The largest absolute Gasteiger partial charge is 0.490 e. The number of hydrogen-bond acceptors (Lipinski definition) is 7. The van der Waals surface area contributed by atoms with E-state index in [9.17, 15) is 18.0 Å². The highest BCUT2D eigenvalue weighted by Gasteiger charge is 2.38. The molecule has 3 rings (SSSR count). The lowest BCUT2D eigenvalue weighted by Gasteiger charge is -2.03. The molecule has 14 heteroatoms. The Bertz CT molecular complexity index is 957. The molecule has 0 aliphatic heterocycles. The van der Waals surface area contributed by atoms with Crippen LogP contribution in [0.4, 0.5) is 13.2 Å². The Balaban J connectivity index is 0.000000396. The monoisotopic (exact) mass is 445 g/mol. The van der Waals surface area contributed by atoms with Gasteiger partial charge >= 0.3 is 12.1 Å². The van der Waals surface area contributed by atoms with Crippen molar-refractivity contribution >= 4 is 34.7 Å². The van der Waals surface area contributed by atoms with E-state index in [0.717, 1.165) is 27.8 Å². The second-order valence-corrected chi connectivity index (χ2v) is 6.85. The molecule has 30 heavy (non-hydrogen) atoms. The maximum absolute atomic E-state index is 11.9. The SMILES string of the molecule is Cn1nnnc1SCCNC(=O)CCc1nc2ccccc2[nH]1.O=C(O)C(F)(F)F. The van der Waals surface area contributed by atoms with Crippen molar-refractivity contribution in [2.45, 2.75) is 24.2 Å². The standard InChI is InChI=1S/C14H17N7OS.C2HF3O2/c1-21-14(18-19-20-21)23-9-8-15-13(22)7-6-12-16-10-4-2-3-5-11(10)17-12;3-2(4,5)1(6)7/h2-5H,6-9H2,1H3,(H,15,22)(H,16,17);(H,6,7). The third-order valence-electron chi connectivity index (χ3n) is 3.51. The number of H-pyrrole nitrogens is 1. The number of halogens is 3. The van der Waals surface area contributed by atoms with Gasteiger partial charge in [-0.25, -0.2) is 14.5 Å². The lowest BCUT2D eigenvalue weighted by molar-refractivity contribution is -0.192. The molecule has 0 unspecified atom stereocenters. The van der Waals surface area contributed by atoms with E-state index in [0.29, 0.717) is 19.4 Å². The maximum Gasteiger partial charge on any atom is 0.490 e. The number of benzene rings is 1. The van der Waals surface area contributed by atoms with Gasteiger partial charge in [0.15, 0.2) is 0 Å². The van der Waals surface area contributed by atoms with Crippen LogP contribution in [0.1, 0.15) is 12.2 Å². The number of amides is 1. The van der Waals surface area contributed by atoms with E-state index in [2.05, 4.69) is 30.8 Å². The van der Waals surface area contributed by atoms with Gasteiger partial charge in [0.05, 0.1) is 11.0 Å². The predicted octanol–water partition coefficient (Wildman–Crippen LogP) is 1.56. The number of aliphatic carboxylic acids is 1. The van der Waals surface area contributed by atoms with E-state index in [1.807, 2.05) is 24.3 Å². The number of tetrazole rings is 1. The molecule has 0 aliphatic rings. The van der Waals surface area contributed by atoms with Gasteiger partial charge in [0, 0.05) is 32.2 Å². The first-order chi connectivity index (χ1) is 14.2. The molecular formula is C16H18F3N7O3S. The molecule has 0 radical (unpaired) electrons. The molecule has 1 amide bonds. The van der Waals surface area contributed by atoms with Crippen LogP contribution >= 0.6 is 11.8 Å². The number of alkyl halides is 3. The van der Waals surface area contributed by atoms with Crippen molar-refractivity contribution in [3.05, 3.63) is 30.1 Å². The Morgan fingerprint density at radius 3 is 2.60 bits per heavy atom. The van der Waals surface area contributed by atoms with Crippen LogP contribution in [-0.2, 0) is 23.1 Å². The molecule has 2 heterocycles. The third-order valence-corrected chi connectivity index (χ3v) is 4.52. The molecule has 0 saturated heterocycles. The van der Waals surface area contributed by atoms with Crippen molar-refractivity contribution in [2.75, 3.05) is 12.3 Å². The summed E-state index contributed by atoms with van der Waals surface area (Å²) in [4.78, 5) is 28.4. The third kappa shape index (κ3) is 7.35. The Morgan fingerprint density at radius 1 is 1.30 bits per heavy atom. The number of carboxylic acid groups (broad SMARTS) is 1. The van der Waals surface area contributed by atoms with Crippen LogP contribution < -0.4 is 5.32 Å². The van der Waals surface area contributed by atoms with Gasteiger partial charge in [0.1, 0.15) is 5.82 Å². The number of fused-ring (bicyclic) bond motifs is 1. The lowest BCUT2D eigenvalue weighted by atomic mass is 10.3. The fourth-order valence-corrected chi connectivity index (χ4v) is 2.82. The van der Waals surface area contributed by atoms with Gasteiger partial charge in [0.25, 0.3) is 0 Å². The zero-order valence-electron chi connectivity index (χ0n) is 15.7. The predicted molar refractivity (Wildman–Crippen MR) is 101 cm³/mol. The second kappa shape index (κ2) is 10.6. The van der Waals surface area contributed by atoms with Crippen LogP contribution in [0.2, 0.25) is 0 Å². The average Bonchev–Trinajstić information content (AvgIpc) is 3.29. The summed E-state index contributed by atoms with van der Waals surface area (Å²) in [5, 5.41) is 21.9. The fraction of sp³-hybridized carbons (Fsp3) is 0.375. The molecule has 2 aromatic heterocycles. The van der Waals surface area contributed by atoms with E-state index >= 15 is 0 Å². The van der Waals surface area contributed by atoms with Crippen LogP contribution in [-0.4, -0.2) is 65.6 Å². The molecular weight excluding hydrogens is 427 g/mol. The Kier molecular flexibility index (Phi) is 8.15. The molecule has 10 nitrogen and oxygen atoms in total. The van der Waals surface area contributed by atoms with Crippen molar-refractivity contribution in [2.24, 2.45) is 7.05 Å². The normalized spacial score (nSPS) is 11.1. The van der Waals surface area contributed by atoms with Crippen LogP contribution in [0.5, 0.6) is 0 Å². The van der Waals surface area contributed by atoms with E-state index in [4.69, 9.17) is 9.90 Å². The number of nitrogens with one attached hydrogen (secondary N) is 2. The number of rotatable bonds is 7. The van der Waals surface area contributed by atoms with Gasteiger partial charge in [-0.3, -0.25) is 4.79 Å². The first kappa shape index (κ1) is 23.1. The number of aryl methyl sites for hydroxylation is 2. The quantitative estimate of drug-likeness (QED) is 0.368. The number of hydrogen-bond donors (Lipinski definition) is 3. The molecule has 0 atom stereocenters. The number of thioether (sulfide) groups is 1. The molecule has 0 aliphatic carbocycles. The zero-order chi connectivity index (χ0) is 22.1. The second-order valence-electron chi connectivity index (χ2n) is 5.79. The molecule has 0 fully saturated rings. The molecule has 3 N–H and O–H groups in total. The zero-order valence-corrected chi connectivity index (χ0v) is 16.5. The molecule has 3 aromatic rings. The first-order valence-electron chi connectivity index (χ1n) is 8.52. The van der Waals surface area contributed by atoms with Gasteiger partial charge in [0.2, 0.25) is 11.1 Å². The minimum absolute atomic E-state index is 0.0159. The summed E-state index contributed by atoms with van der Waals surface area (Å²) >= 11 is 1.51. The fourth-order valence-electron chi connectivity index (χ4n) is 2.12. The summed E-state index contributed by atoms with van der Waals surface area (Å²) in [5.41, 5.74) is 1.92. The maximum atomic E-state index is 11.9. The van der Waals surface area contributed by atoms with E-state index in [-0.39, 0.29) is 5.91 Å². The van der Waals surface area contributed by atoms with E-state index < -0.39 is 12.1 Å². The van der Waals surface area contributed by atoms with Crippen molar-refractivity contribution in [3.63, 3.8) is 0 Å². The van der Waals surface area contributed by atoms with Gasteiger partial charge in [-0.2, -0.15) is 13.2 Å². The van der Waals surface area contributed by atoms with E-state index in [1.165, 1.54) is 11.8 Å². The summed E-state index contributed by atoms with van der Waals surface area (Å²) in [6.45, 7) is 0.580. The summed E-state index contributed by atoms with van der Waals surface area (Å²) in [6.07, 6.45) is -4.07. The number of imidazole rings is 1. The van der Waals surface area contributed by atoms with Crippen LogP contribution in [0.25, 0.3) is 11.0 Å². The summed E-state index contributed by atoms with van der Waals surface area (Å²) < 4.78 is 33.3. The van der Waals surface area contributed by atoms with E-state index in [1.54, 1.807) is 11.7 Å². The summed E-state index contributed by atoms with van der Waals surface area (Å²) in [7, 11) is 1.79. The molecule has 0 bridgehead atoms. The lowest BCUT2D eigenvalue weighted by Crippen LogP contribution is -2.26. The van der Waals surface area contributed by atoms with Crippen molar-refractivity contribution in [3.8, 4) is 0 Å². The van der Waals surface area contributed by atoms with Crippen LogP contribution in [0.15, 0.2) is 29.4 Å².